The number of nitrogens with zero attached hydrogens (tertiary/aromatic N) is 2. The van der Waals surface area contributed by atoms with Gasteiger partial charge in [0.05, 0.1) is 12.0 Å². The molecule has 1 atom stereocenters. The maximum Gasteiger partial charge on any atom is 0.333 e. The third-order valence-corrected chi connectivity index (χ3v) is 5.68. The first-order valence-corrected chi connectivity index (χ1v) is 11.6. The average molecular weight is 464 g/mol. The second kappa shape index (κ2) is 10.2. The Balaban J connectivity index is 1.68. The number of rotatable bonds is 8. The fourth-order valence-corrected chi connectivity index (χ4v) is 4.06. The summed E-state index contributed by atoms with van der Waals surface area (Å²) in [7, 11) is 0. The normalized spacial score (nSPS) is 11.8. The molecule has 0 radical (unpaired) electrons. The highest BCUT2D eigenvalue weighted by Crippen LogP contribution is 2.43. The zero-order valence-corrected chi connectivity index (χ0v) is 19.3. The fourth-order valence-electron chi connectivity index (χ4n) is 4.06. The van der Waals surface area contributed by atoms with E-state index >= 15 is 0 Å². The van der Waals surface area contributed by atoms with Gasteiger partial charge in [-0.2, -0.15) is 0 Å². The summed E-state index contributed by atoms with van der Waals surface area (Å²) >= 11 is 0. The number of hydrogen-bond acceptors (Lipinski definition) is 6. The van der Waals surface area contributed by atoms with E-state index in [1.165, 1.54) is 6.33 Å². The first-order valence-electron chi connectivity index (χ1n) is 11.6. The molecule has 3 aromatic carbocycles. The van der Waals surface area contributed by atoms with Gasteiger partial charge in [0, 0.05) is 11.1 Å². The molecule has 0 aliphatic heterocycles. The van der Waals surface area contributed by atoms with Crippen LogP contribution in [-0.4, -0.2) is 22.5 Å². The lowest BCUT2D eigenvalue weighted by atomic mass is 9.99. The van der Waals surface area contributed by atoms with Crippen molar-refractivity contribution in [2.45, 2.75) is 19.4 Å². The minimum Gasteiger partial charge on any atom is -0.464 e. The number of carbonyl (C=O) groups is 1. The zero-order valence-electron chi connectivity index (χ0n) is 19.3. The molecule has 0 fully saturated rings. The van der Waals surface area contributed by atoms with Gasteiger partial charge in [0.15, 0.2) is 6.04 Å². The summed E-state index contributed by atoms with van der Waals surface area (Å²) in [5.41, 5.74) is 3.98. The maximum atomic E-state index is 13.1. The SMILES string of the molecule is CCCOC(=O)C(Nc1ncnc2oc(-c3ccccc3)c(-c3ccccc3)c12)c1ccccc1. The summed E-state index contributed by atoms with van der Waals surface area (Å²) in [4.78, 5) is 22.0. The first-order chi connectivity index (χ1) is 17.3. The van der Waals surface area contributed by atoms with Gasteiger partial charge < -0.3 is 14.5 Å². The average Bonchev–Trinajstić information content (AvgIpc) is 3.32. The lowest BCUT2D eigenvalue weighted by Crippen LogP contribution is -2.24. The Labute approximate surface area is 203 Å². The molecule has 0 aliphatic carbocycles. The molecule has 5 rings (SSSR count). The van der Waals surface area contributed by atoms with Gasteiger partial charge in [-0.25, -0.2) is 14.8 Å². The van der Waals surface area contributed by atoms with Crippen molar-refractivity contribution in [3.63, 3.8) is 0 Å². The zero-order chi connectivity index (χ0) is 24.0. The van der Waals surface area contributed by atoms with E-state index in [0.29, 0.717) is 29.3 Å². The van der Waals surface area contributed by atoms with Crippen molar-refractivity contribution in [1.29, 1.82) is 0 Å². The highest BCUT2D eigenvalue weighted by atomic mass is 16.5. The number of aromatic nitrogens is 2. The van der Waals surface area contributed by atoms with Crippen LogP contribution < -0.4 is 5.32 Å². The number of hydrogen-bond donors (Lipinski definition) is 1. The van der Waals surface area contributed by atoms with Crippen LogP contribution in [0.3, 0.4) is 0 Å². The Bertz CT molecular complexity index is 1420. The molecule has 6 heteroatoms. The summed E-state index contributed by atoms with van der Waals surface area (Å²) < 4.78 is 11.8. The molecule has 1 N–H and O–H groups in total. The Morgan fingerprint density at radius 2 is 1.51 bits per heavy atom. The van der Waals surface area contributed by atoms with Crippen molar-refractivity contribution in [1.82, 2.24) is 9.97 Å². The van der Waals surface area contributed by atoms with Crippen molar-refractivity contribution in [2.75, 3.05) is 11.9 Å². The number of anilines is 1. The quantitative estimate of drug-likeness (QED) is 0.259. The number of benzene rings is 3. The van der Waals surface area contributed by atoms with Crippen LogP contribution in [0.4, 0.5) is 5.82 Å². The van der Waals surface area contributed by atoms with E-state index in [1.807, 2.05) is 97.9 Å². The predicted molar refractivity (Wildman–Crippen MR) is 137 cm³/mol. The molecule has 6 nitrogen and oxygen atoms in total. The van der Waals surface area contributed by atoms with Gasteiger partial charge in [0.1, 0.15) is 17.9 Å². The smallest absolute Gasteiger partial charge is 0.333 e. The van der Waals surface area contributed by atoms with Crippen LogP contribution >= 0.6 is 0 Å². The number of carbonyl (C=O) groups excluding carboxylic acids is 1. The highest BCUT2D eigenvalue weighted by molar-refractivity contribution is 6.06. The Morgan fingerprint density at radius 3 is 2.17 bits per heavy atom. The van der Waals surface area contributed by atoms with Gasteiger partial charge in [-0.1, -0.05) is 97.9 Å². The van der Waals surface area contributed by atoms with E-state index in [-0.39, 0.29) is 5.97 Å². The minimum absolute atomic E-state index is 0.349. The van der Waals surface area contributed by atoms with E-state index in [9.17, 15) is 4.79 Å². The van der Waals surface area contributed by atoms with Gasteiger partial charge in [-0.3, -0.25) is 0 Å². The van der Waals surface area contributed by atoms with Gasteiger partial charge in [0.2, 0.25) is 5.71 Å². The number of fused-ring (bicyclic) bond motifs is 1. The lowest BCUT2D eigenvalue weighted by molar-refractivity contribution is -0.144. The number of esters is 1. The molecule has 0 spiro atoms. The molecule has 0 bridgehead atoms. The number of furan rings is 1. The van der Waals surface area contributed by atoms with Crippen LogP contribution in [0.2, 0.25) is 0 Å². The largest absolute Gasteiger partial charge is 0.464 e. The molecule has 2 aromatic heterocycles. The van der Waals surface area contributed by atoms with Crippen LogP contribution in [0.1, 0.15) is 24.9 Å². The van der Waals surface area contributed by atoms with Crippen LogP contribution in [0, 0.1) is 0 Å². The summed E-state index contributed by atoms with van der Waals surface area (Å²) in [5.74, 6) is 0.833. The standard InChI is InChI=1S/C29H25N3O3/c1-2-18-34-29(33)25(21-14-8-4-9-15-21)32-27-24-23(20-12-6-3-7-13-20)26(22-16-10-5-11-17-22)35-28(24)31-19-30-27/h3-17,19,25H,2,18H2,1H3,(H,30,31,32). The van der Waals surface area contributed by atoms with E-state index in [4.69, 9.17) is 9.15 Å². The molecular weight excluding hydrogens is 438 g/mol. The van der Waals surface area contributed by atoms with Crippen molar-refractivity contribution >= 4 is 22.9 Å². The Kier molecular flexibility index (Phi) is 6.52. The van der Waals surface area contributed by atoms with Crippen LogP contribution in [0.25, 0.3) is 33.6 Å². The molecule has 35 heavy (non-hydrogen) atoms. The minimum atomic E-state index is -0.737. The molecule has 2 heterocycles. The Hall–Kier alpha value is -4.45. The van der Waals surface area contributed by atoms with E-state index in [0.717, 1.165) is 28.7 Å². The fraction of sp³-hybridized carbons (Fsp3) is 0.138. The predicted octanol–water partition coefficient (Wildman–Crippen LogP) is 6.66. The summed E-state index contributed by atoms with van der Waals surface area (Å²) in [6.07, 6.45) is 2.18. The summed E-state index contributed by atoms with van der Waals surface area (Å²) in [6.45, 7) is 2.32. The van der Waals surface area contributed by atoms with Crippen molar-refractivity contribution in [2.24, 2.45) is 0 Å². The Morgan fingerprint density at radius 1 is 0.886 bits per heavy atom. The molecular formula is C29H25N3O3. The van der Waals surface area contributed by atoms with Crippen molar-refractivity contribution < 1.29 is 13.9 Å². The summed E-state index contributed by atoms with van der Waals surface area (Å²) in [6, 6.07) is 28.6. The molecule has 174 valence electrons. The van der Waals surface area contributed by atoms with E-state index in [2.05, 4.69) is 15.3 Å². The molecule has 0 amide bonds. The molecule has 5 aromatic rings. The van der Waals surface area contributed by atoms with E-state index in [1.54, 1.807) is 0 Å². The van der Waals surface area contributed by atoms with Crippen LogP contribution in [0.15, 0.2) is 102 Å². The molecule has 1 unspecified atom stereocenters. The van der Waals surface area contributed by atoms with E-state index < -0.39 is 6.04 Å². The van der Waals surface area contributed by atoms with Gasteiger partial charge in [0.25, 0.3) is 0 Å². The number of nitrogens with one attached hydrogen (secondary N) is 1. The maximum absolute atomic E-state index is 13.1. The third kappa shape index (κ3) is 4.64. The first kappa shape index (κ1) is 22.3. The molecule has 0 aliphatic rings. The highest BCUT2D eigenvalue weighted by Gasteiger charge is 2.27. The van der Waals surface area contributed by atoms with Crippen LogP contribution in [0.5, 0.6) is 0 Å². The van der Waals surface area contributed by atoms with Crippen molar-refractivity contribution in [3.8, 4) is 22.5 Å². The third-order valence-electron chi connectivity index (χ3n) is 5.68. The number of ether oxygens (including phenoxy) is 1. The molecule has 0 saturated carbocycles. The van der Waals surface area contributed by atoms with Gasteiger partial charge in [-0.15, -0.1) is 0 Å². The van der Waals surface area contributed by atoms with Gasteiger partial charge >= 0.3 is 5.97 Å². The molecule has 0 saturated heterocycles. The lowest BCUT2D eigenvalue weighted by Gasteiger charge is -2.19. The second-order valence-corrected chi connectivity index (χ2v) is 8.10. The topological polar surface area (TPSA) is 77.2 Å². The second-order valence-electron chi connectivity index (χ2n) is 8.10. The summed E-state index contributed by atoms with van der Waals surface area (Å²) in [5, 5.41) is 4.05. The van der Waals surface area contributed by atoms with Crippen LogP contribution in [-0.2, 0) is 9.53 Å². The monoisotopic (exact) mass is 463 g/mol. The van der Waals surface area contributed by atoms with Crippen molar-refractivity contribution in [3.05, 3.63) is 103 Å². The van der Waals surface area contributed by atoms with Gasteiger partial charge in [-0.05, 0) is 17.5 Å².